The average Bonchev–Trinajstić information content (AvgIpc) is 3.00. The van der Waals surface area contributed by atoms with E-state index in [4.69, 9.17) is 9.47 Å². The molecule has 158 valence electrons. The third kappa shape index (κ3) is 4.72. The highest BCUT2D eigenvalue weighted by Gasteiger charge is 2.38. The van der Waals surface area contributed by atoms with Crippen molar-refractivity contribution < 1.29 is 32.2 Å². The first-order valence-corrected chi connectivity index (χ1v) is 9.81. The summed E-state index contributed by atoms with van der Waals surface area (Å²) >= 11 is 0.807. The first-order valence-electron chi connectivity index (χ1n) is 8.93. The lowest BCUT2D eigenvalue weighted by molar-refractivity contribution is -0.136. The van der Waals surface area contributed by atoms with Crippen LogP contribution in [0.15, 0.2) is 11.4 Å². The number of alkyl halides is 3. The number of alkyl carbamates (subject to hydrolysis) is 1. The van der Waals surface area contributed by atoms with Crippen molar-refractivity contribution in [1.82, 2.24) is 15.6 Å². The summed E-state index contributed by atoms with van der Waals surface area (Å²) in [6.07, 6.45) is -5.27. The van der Waals surface area contributed by atoms with Crippen molar-refractivity contribution in [2.75, 3.05) is 7.05 Å². The van der Waals surface area contributed by atoms with Crippen LogP contribution in [0.4, 0.5) is 18.0 Å². The van der Waals surface area contributed by atoms with Gasteiger partial charge >= 0.3 is 12.3 Å². The second-order valence-corrected chi connectivity index (χ2v) is 7.83. The zero-order valence-electron chi connectivity index (χ0n) is 15.9. The Morgan fingerprint density at radius 3 is 2.55 bits per heavy atom. The maximum absolute atomic E-state index is 13.5. The quantitative estimate of drug-likeness (QED) is 0.753. The van der Waals surface area contributed by atoms with Crippen LogP contribution in [0.2, 0.25) is 0 Å². The predicted molar refractivity (Wildman–Crippen MR) is 100 cm³/mol. The first-order chi connectivity index (χ1) is 13.6. The van der Waals surface area contributed by atoms with Gasteiger partial charge in [0.2, 0.25) is 5.88 Å². The zero-order valence-corrected chi connectivity index (χ0v) is 16.7. The first kappa shape index (κ1) is 21.2. The van der Waals surface area contributed by atoms with Gasteiger partial charge in [0.05, 0.1) is 21.3 Å². The number of ether oxygens (including phenoxy) is 2. The second kappa shape index (κ2) is 8.05. The van der Waals surface area contributed by atoms with Crippen molar-refractivity contribution >= 4 is 33.6 Å². The number of halogens is 3. The molecule has 1 saturated carbocycles. The minimum Gasteiger partial charge on any atom is -0.474 e. The number of nitrogens with one attached hydrogen (secondary N) is 2. The van der Waals surface area contributed by atoms with Crippen LogP contribution >= 0.6 is 11.3 Å². The molecule has 1 fully saturated rings. The number of amides is 2. The van der Waals surface area contributed by atoms with E-state index in [1.165, 1.54) is 12.4 Å². The number of pyridine rings is 1. The monoisotopic (exact) mass is 431 g/mol. The fourth-order valence-electron chi connectivity index (χ4n) is 2.85. The number of hydrogen-bond acceptors (Lipinski definition) is 6. The molecule has 7 nitrogen and oxygen atoms in total. The minimum atomic E-state index is -4.62. The molecule has 2 heterocycles. The molecule has 11 heteroatoms. The average molecular weight is 431 g/mol. The molecule has 3 rings (SSSR count). The van der Waals surface area contributed by atoms with Crippen molar-refractivity contribution in [3.8, 4) is 5.88 Å². The maximum atomic E-state index is 13.5. The second-order valence-electron chi connectivity index (χ2n) is 6.95. The van der Waals surface area contributed by atoms with Gasteiger partial charge in [-0.15, -0.1) is 11.3 Å². The van der Waals surface area contributed by atoms with E-state index in [9.17, 15) is 22.8 Å². The van der Waals surface area contributed by atoms with E-state index in [-0.39, 0.29) is 33.8 Å². The smallest absolute Gasteiger partial charge is 0.418 e. The van der Waals surface area contributed by atoms with Gasteiger partial charge in [0.1, 0.15) is 12.2 Å². The Hall–Kier alpha value is -2.56. The fourth-order valence-corrected chi connectivity index (χ4v) is 3.88. The molecule has 0 unspecified atom stereocenters. The number of rotatable bonds is 5. The Kier molecular flexibility index (Phi) is 5.87. The third-order valence-electron chi connectivity index (χ3n) is 4.30. The Morgan fingerprint density at radius 1 is 1.28 bits per heavy atom. The summed E-state index contributed by atoms with van der Waals surface area (Å²) in [7, 11) is 1.39. The van der Waals surface area contributed by atoms with Crippen LogP contribution in [0.1, 0.15) is 42.6 Å². The number of thiophene rings is 1. The molecule has 0 radical (unpaired) electrons. The van der Waals surface area contributed by atoms with Crippen LogP contribution in [0.3, 0.4) is 0 Å². The van der Waals surface area contributed by atoms with Gasteiger partial charge in [0.25, 0.3) is 5.91 Å². The highest BCUT2D eigenvalue weighted by molar-refractivity contribution is 7.17. The van der Waals surface area contributed by atoms with E-state index in [1.54, 1.807) is 13.8 Å². The highest BCUT2D eigenvalue weighted by Crippen LogP contribution is 2.40. The molecule has 0 atom stereocenters. The molecule has 0 aromatic carbocycles. The Bertz CT molecular complexity index is 923. The van der Waals surface area contributed by atoms with Crippen molar-refractivity contribution in [2.24, 2.45) is 0 Å². The van der Waals surface area contributed by atoms with Crippen LogP contribution < -0.4 is 15.4 Å². The number of fused-ring (bicyclic) bond motifs is 1. The van der Waals surface area contributed by atoms with Gasteiger partial charge in [0, 0.05) is 37.4 Å². The van der Waals surface area contributed by atoms with Crippen LogP contribution in [0.25, 0.3) is 10.2 Å². The largest absolute Gasteiger partial charge is 0.474 e. The van der Waals surface area contributed by atoms with Crippen molar-refractivity contribution in [1.29, 1.82) is 0 Å². The van der Waals surface area contributed by atoms with Gasteiger partial charge in [0.15, 0.2) is 0 Å². The van der Waals surface area contributed by atoms with Gasteiger partial charge in [-0.1, -0.05) is 0 Å². The normalized spacial score (nSPS) is 19.0. The number of carbonyl (C=O) groups excluding carboxylic acids is 2. The summed E-state index contributed by atoms with van der Waals surface area (Å²) in [5, 5.41) is 6.33. The van der Waals surface area contributed by atoms with Gasteiger partial charge in [-0.3, -0.25) is 4.79 Å². The molecule has 29 heavy (non-hydrogen) atoms. The Balaban J connectivity index is 1.76. The standard InChI is InChI=1S/C18H20F3N3O4S/c1-8(2)23-17(26)28-10-4-9(5-10)27-13-6-12(18(19,20)21)15-14(24-13)11(7-29-15)16(25)22-3/h6-10H,4-5H2,1-3H3,(H,22,25)(H,23,26). The van der Waals surface area contributed by atoms with Gasteiger partial charge in [-0.25, -0.2) is 9.78 Å². The molecule has 2 aromatic rings. The molecule has 0 spiro atoms. The lowest BCUT2D eigenvalue weighted by Crippen LogP contribution is -2.43. The van der Waals surface area contributed by atoms with Gasteiger partial charge in [-0.2, -0.15) is 13.2 Å². The number of aromatic nitrogens is 1. The molecule has 2 amide bonds. The van der Waals surface area contributed by atoms with Crippen LogP contribution in [-0.2, 0) is 10.9 Å². The Morgan fingerprint density at radius 2 is 1.97 bits per heavy atom. The SMILES string of the molecule is CNC(=O)c1csc2c(C(F)(F)F)cc(OC3CC(OC(=O)NC(C)C)C3)nc12. The summed E-state index contributed by atoms with van der Waals surface area (Å²) in [6, 6.07) is 0.776. The summed E-state index contributed by atoms with van der Waals surface area (Å²) < 4.78 is 51.1. The maximum Gasteiger partial charge on any atom is 0.418 e. The molecule has 1 aliphatic carbocycles. The minimum absolute atomic E-state index is 0.0531. The molecule has 0 saturated heterocycles. The van der Waals surface area contributed by atoms with Crippen LogP contribution in [-0.4, -0.2) is 42.3 Å². The molecule has 1 aliphatic rings. The van der Waals surface area contributed by atoms with E-state index in [1.807, 2.05) is 0 Å². The van der Waals surface area contributed by atoms with E-state index in [0.717, 1.165) is 17.4 Å². The highest BCUT2D eigenvalue weighted by atomic mass is 32.1. The van der Waals surface area contributed by atoms with Gasteiger partial charge in [-0.05, 0) is 13.8 Å². The topological polar surface area (TPSA) is 89.5 Å². The number of carbonyl (C=O) groups is 2. The van der Waals surface area contributed by atoms with Gasteiger partial charge < -0.3 is 20.1 Å². The third-order valence-corrected chi connectivity index (χ3v) is 5.30. The molecule has 0 aliphatic heterocycles. The van der Waals surface area contributed by atoms with E-state index in [2.05, 4.69) is 15.6 Å². The predicted octanol–water partition coefficient (Wildman–Crippen LogP) is 3.72. The summed E-state index contributed by atoms with van der Waals surface area (Å²) in [5.41, 5.74) is -0.896. The summed E-state index contributed by atoms with van der Waals surface area (Å²) in [5.74, 6) is -0.745. The van der Waals surface area contributed by atoms with Crippen LogP contribution in [0.5, 0.6) is 5.88 Å². The molecular weight excluding hydrogens is 411 g/mol. The van der Waals surface area contributed by atoms with Crippen molar-refractivity contribution in [3.63, 3.8) is 0 Å². The van der Waals surface area contributed by atoms with E-state index in [0.29, 0.717) is 12.8 Å². The number of hydrogen-bond donors (Lipinski definition) is 2. The lowest BCUT2D eigenvalue weighted by atomic mass is 9.92. The molecule has 0 bridgehead atoms. The summed E-state index contributed by atoms with van der Waals surface area (Å²) in [4.78, 5) is 27.7. The fraction of sp³-hybridized carbons (Fsp3) is 0.500. The lowest BCUT2D eigenvalue weighted by Gasteiger charge is -2.34. The van der Waals surface area contributed by atoms with Crippen LogP contribution in [0, 0.1) is 0 Å². The zero-order chi connectivity index (χ0) is 21.3. The summed E-state index contributed by atoms with van der Waals surface area (Å²) in [6.45, 7) is 3.59. The molecular formula is C18H20F3N3O4S. The van der Waals surface area contributed by atoms with Crippen molar-refractivity contribution in [3.05, 3.63) is 22.6 Å². The van der Waals surface area contributed by atoms with E-state index >= 15 is 0 Å². The molecule has 2 aromatic heterocycles. The van der Waals surface area contributed by atoms with E-state index < -0.39 is 29.8 Å². The van der Waals surface area contributed by atoms with Crippen molar-refractivity contribution in [2.45, 2.75) is 51.1 Å². The number of nitrogens with zero attached hydrogens (tertiary/aromatic N) is 1. The Labute approximate surface area is 168 Å². The molecule has 2 N–H and O–H groups in total.